The van der Waals surface area contributed by atoms with E-state index >= 15 is 0 Å². The molecule has 0 atom stereocenters. The van der Waals surface area contributed by atoms with Gasteiger partial charge in [-0.2, -0.15) is 4.57 Å². The number of esters is 1. The maximum absolute atomic E-state index is 11.5. The molecule has 1 aromatic carbocycles. The molecule has 124 valence electrons. The van der Waals surface area contributed by atoms with E-state index < -0.39 is 0 Å². The second-order valence-corrected chi connectivity index (χ2v) is 4.67. The summed E-state index contributed by atoms with van der Waals surface area (Å²) in [6.07, 6.45) is 5.24. The van der Waals surface area contributed by atoms with Crippen LogP contribution in [0.15, 0.2) is 43.0 Å². The first kappa shape index (κ1) is 19.1. The maximum atomic E-state index is 11.5. The van der Waals surface area contributed by atoms with Gasteiger partial charge in [-0.25, -0.2) is 14.2 Å². The molecule has 0 fully saturated rings. The van der Waals surface area contributed by atoms with E-state index in [1.807, 2.05) is 10.8 Å². The molecule has 6 nitrogen and oxygen atoms in total. The molecule has 7 heteroatoms. The summed E-state index contributed by atoms with van der Waals surface area (Å²) in [6, 6.07) is 6.81. The third-order valence-corrected chi connectivity index (χ3v) is 3.04. The monoisotopic (exact) mass is 430 g/mol. The van der Waals surface area contributed by atoms with Gasteiger partial charge in [-0.05, 0) is 31.2 Å². The van der Waals surface area contributed by atoms with Crippen molar-refractivity contribution in [2.75, 3.05) is 13.2 Å². The van der Waals surface area contributed by atoms with Crippen LogP contribution < -0.4 is 33.3 Å². The molecule has 0 aliphatic heterocycles. The summed E-state index contributed by atoms with van der Waals surface area (Å²) in [5, 5.41) is 0. The van der Waals surface area contributed by atoms with Crippen LogP contribution in [0.25, 0.3) is 0 Å². The van der Waals surface area contributed by atoms with Gasteiger partial charge in [0.2, 0.25) is 0 Å². The van der Waals surface area contributed by atoms with Gasteiger partial charge in [-0.3, -0.25) is 0 Å². The summed E-state index contributed by atoms with van der Waals surface area (Å²) in [5.74, 6) is 0.309. The highest BCUT2D eigenvalue weighted by Crippen LogP contribution is 2.13. The number of halogens is 1. The van der Waals surface area contributed by atoms with Gasteiger partial charge in [0.05, 0.1) is 12.2 Å². The SMILES string of the molecule is CCOC(=O)c1ccc(OCCn2cc[n+](C(C)=O)c2)cc1.[I-]. The van der Waals surface area contributed by atoms with Crippen molar-refractivity contribution in [1.29, 1.82) is 0 Å². The van der Waals surface area contributed by atoms with Crippen molar-refractivity contribution in [1.82, 2.24) is 4.57 Å². The predicted molar refractivity (Wildman–Crippen MR) is 78.8 cm³/mol. The number of aromatic nitrogens is 2. The van der Waals surface area contributed by atoms with Gasteiger partial charge in [-0.1, -0.05) is 0 Å². The van der Waals surface area contributed by atoms with Crippen LogP contribution in [0.1, 0.15) is 29.0 Å². The molecule has 0 saturated carbocycles. The number of nitrogens with zero attached hydrogens (tertiary/aromatic N) is 2. The number of carbonyl (C=O) groups is 2. The van der Waals surface area contributed by atoms with Crippen LogP contribution in [0.4, 0.5) is 0 Å². The van der Waals surface area contributed by atoms with Gasteiger partial charge < -0.3 is 33.5 Å². The number of benzene rings is 1. The molecular weight excluding hydrogens is 411 g/mol. The van der Waals surface area contributed by atoms with Gasteiger partial charge in [0.25, 0.3) is 6.33 Å². The van der Waals surface area contributed by atoms with Crippen molar-refractivity contribution < 1.29 is 47.6 Å². The van der Waals surface area contributed by atoms with Crippen molar-refractivity contribution in [2.45, 2.75) is 20.4 Å². The van der Waals surface area contributed by atoms with Crippen LogP contribution in [-0.2, 0) is 11.3 Å². The highest BCUT2D eigenvalue weighted by molar-refractivity contribution is 5.89. The quantitative estimate of drug-likeness (QED) is 0.325. The van der Waals surface area contributed by atoms with E-state index in [4.69, 9.17) is 9.47 Å². The fraction of sp³-hybridized carbons (Fsp3) is 0.312. The topological polar surface area (TPSA) is 61.4 Å². The normalized spacial score (nSPS) is 9.83. The summed E-state index contributed by atoms with van der Waals surface area (Å²) >= 11 is 0. The second-order valence-electron chi connectivity index (χ2n) is 4.67. The highest BCUT2D eigenvalue weighted by Gasteiger charge is 2.08. The van der Waals surface area contributed by atoms with Crippen LogP contribution in [0.5, 0.6) is 5.75 Å². The Labute approximate surface area is 152 Å². The number of rotatable bonds is 6. The fourth-order valence-electron chi connectivity index (χ4n) is 1.88. The molecule has 0 bridgehead atoms. The average Bonchev–Trinajstić information content (AvgIpc) is 2.97. The zero-order valence-electron chi connectivity index (χ0n) is 13.1. The number of hydrogen-bond donors (Lipinski definition) is 0. The van der Waals surface area contributed by atoms with Crippen LogP contribution in [0.2, 0.25) is 0 Å². The van der Waals surface area contributed by atoms with E-state index in [1.165, 1.54) is 11.5 Å². The van der Waals surface area contributed by atoms with E-state index in [9.17, 15) is 9.59 Å². The van der Waals surface area contributed by atoms with E-state index in [2.05, 4.69) is 0 Å². The Hall–Kier alpha value is -1.90. The molecule has 23 heavy (non-hydrogen) atoms. The van der Waals surface area contributed by atoms with Gasteiger partial charge in [0.1, 0.15) is 31.3 Å². The first-order chi connectivity index (χ1) is 10.6. The smallest absolute Gasteiger partial charge is 0.338 e. The summed E-state index contributed by atoms with van der Waals surface area (Å²) in [4.78, 5) is 22.7. The summed E-state index contributed by atoms with van der Waals surface area (Å²) < 4.78 is 13.9. The number of imidazole rings is 1. The number of ether oxygens (including phenoxy) is 2. The third kappa shape index (κ3) is 5.66. The van der Waals surface area contributed by atoms with Crippen molar-refractivity contribution in [3.05, 3.63) is 48.5 Å². The van der Waals surface area contributed by atoms with E-state index in [0.29, 0.717) is 31.1 Å². The van der Waals surface area contributed by atoms with Crippen molar-refractivity contribution in [3.8, 4) is 5.75 Å². The molecule has 0 amide bonds. The second kappa shape index (κ2) is 9.29. The lowest BCUT2D eigenvalue weighted by Gasteiger charge is -2.06. The molecule has 1 aromatic heterocycles. The lowest BCUT2D eigenvalue weighted by molar-refractivity contribution is -0.572. The van der Waals surface area contributed by atoms with Crippen LogP contribution in [-0.4, -0.2) is 29.7 Å². The lowest BCUT2D eigenvalue weighted by atomic mass is 10.2. The molecule has 2 aromatic rings. The van der Waals surface area contributed by atoms with E-state index in [-0.39, 0.29) is 35.9 Å². The number of hydrogen-bond acceptors (Lipinski definition) is 4. The Morgan fingerprint density at radius 3 is 2.48 bits per heavy atom. The minimum atomic E-state index is -0.338. The molecule has 0 N–H and O–H groups in total. The minimum absolute atomic E-state index is 0. The van der Waals surface area contributed by atoms with Crippen molar-refractivity contribution >= 4 is 11.9 Å². The molecule has 0 spiro atoms. The van der Waals surface area contributed by atoms with Crippen molar-refractivity contribution in [3.63, 3.8) is 0 Å². The predicted octanol–water partition coefficient (Wildman–Crippen LogP) is -1.30. The minimum Gasteiger partial charge on any atom is -1.00 e. The van der Waals surface area contributed by atoms with Gasteiger partial charge >= 0.3 is 11.9 Å². The zero-order valence-corrected chi connectivity index (χ0v) is 15.2. The molecule has 0 saturated heterocycles. The Kier molecular flexibility index (Phi) is 7.73. The lowest BCUT2D eigenvalue weighted by Crippen LogP contribution is -3.00. The van der Waals surface area contributed by atoms with E-state index in [0.717, 1.165) is 0 Å². The maximum Gasteiger partial charge on any atom is 0.338 e. The Bertz CT molecular complexity index is 652. The third-order valence-electron chi connectivity index (χ3n) is 3.04. The molecule has 2 rings (SSSR count). The first-order valence-corrected chi connectivity index (χ1v) is 7.08. The Morgan fingerprint density at radius 1 is 1.22 bits per heavy atom. The molecule has 0 unspecified atom stereocenters. The Balaban J connectivity index is 0.00000264. The Morgan fingerprint density at radius 2 is 1.91 bits per heavy atom. The number of carbonyl (C=O) groups excluding carboxylic acids is 2. The molecule has 0 aliphatic rings. The van der Waals surface area contributed by atoms with Crippen molar-refractivity contribution in [2.24, 2.45) is 0 Å². The van der Waals surface area contributed by atoms with E-state index in [1.54, 1.807) is 43.7 Å². The molecule has 1 heterocycles. The fourth-order valence-corrected chi connectivity index (χ4v) is 1.88. The standard InChI is InChI=1S/C16H19N2O4.HI/c1-3-21-16(20)14-4-6-15(7-5-14)22-11-10-17-8-9-18(12-17)13(2)19;/h4-9,12H,3,10-11H2,1-2H3;1H/q+1;/p-1. The molecule has 0 aliphatic carbocycles. The van der Waals surface area contributed by atoms with Crippen LogP contribution in [0.3, 0.4) is 0 Å². The highest BCUT2D eigenvalue weighted by atomic mass is 127. The summed E-state index contributed by atoms with van der Waals surface area (Å²) in [7, 11) is 0. The summed E-state index contributed by atoms with van der Waals surface area (Å²) in [5.41, 5.74) is 0.502. The average molecular weight is 430 g/mol. The summed E-state index contributed by atoms with van der Waals surface area (Å²) in [6.45, 7) is 4.72. The first-order valence-electron chi connectivity index (χ1n) is 7.08. The largest absolute Gasteiger partial charge is 1.00 e. The van der Waals surface area contributed by atoms with Crippen LogP contribution >= 0.6 is 0 Å². The molecular formula is C16H19IN2O4. The van der Waals surface area contributed by atoms with Gasteiger partial charge in [0.15, 0.2) is 0 Å². The molecule has 0 radical (unpaired) electrons. The van der Waals surface area contributed by atoms with Gasteiger partial charge in [0, 0.05) is 6.92 Å². The van der Waals surface area contributed by atoms with Crippen LogP contribution in [0, 0.1) is 0 Å². The van der Waals surface area contributed by atoms with Gasteiger partial charge in [-0.15, -0.1) is 0 Å². The zero-order chi connectivity index (χ0) is 15.9.